The molecule has 0 unspecified atom stereocenters. The normalized spacial score (nSPS) is 11.9. The van der Waals surface area contributed by atoms with Crippen LogP contribution in [0.3, 0.4) is 0 Å². The van der Waals surface area contributed by atoms with Gasteiger partial charge in [-0.1, -0.05) is 73.7 Å². The van der Waals surface area contributed by atoms with Crippen LogP contribution in [0.1, 0.15) is 30.0 Å². The van der Waals surface area contributed by atoms with E-state index in [0.29, 0.717) is 6.42 Å². The summed E-state index contributed by atoms with van der Waals surface area (Å²) in [5.41, 5.74) is 15.0. The smallest absolute Gasteiger partial charge is 0.0675 e. The fourth-order valence-corrected chi connectivity index (χ4v) is 2.07. The molecule has 2 rings (SSSR count). The molecule has 0 atom stereocenters. The van der Waals surface area contributed by atoms with Crippen LogP contribution in [0.2, 0.25) is 0 Å². The molecule has 20 heavy (non-hydrogen) atoms. The van der Waals surface area contributed by atoms with E-state index in [2.05, 4.69) is 42.5 Å². The van der Waals surface area contributed by atoms with Crippen LogP contribution in [-0.2, 0) is 6.42 Å². The maximum Gasteiger partial charge on any atom is 0.0675 e. The maximum absolute atomic E-state index is 6.02. The first-order chi connectivity index (χ1) is 9.59. The van der Waals surface area contributed by atoms with Gasteiger partial charge in [-0.2, -0.15) is 0 Å². The Morgan fingerprint density at radius 3 is 2.25 bits per heavy atom. The van der Waals surface area contributed by atoms with Gasteiger partial charge in [-0.15, -0.1) is 0 Å². The monoisotopic (exact) mass is 266 g/mol. The first kappa shape index (κ1) is 14.5. The summed E-state index contributed by atoms with van der Waals surface area (Å²) in [5, 5.41) is 0. The Morgan fingerprint density at radius 1 is 0.900 bits per heavy atom. The number of rotatable bonds is 5. The van der Waals surface area contributed by atoms with Crippen LogP contribution in [0.4, 0.5) is 0 Å². The van der Waals surface area contributed by atoms with Gasteiger partial charge < -0.3 is 11.5 Å². The number of benzene rings is 2. The van der Waals surface area contributed by atoms with E-state index in [-0.39, 0.29) is 0 Å². The van der Waals surface area contributed by atoms with Crippen LogP contribution in [0.5, 0.6) is 0 Å². The predicted octanol–water partition coefficient (Wildman–Crippen LogP) is 3.42. The minimum Gasteiger partial charge on any atom is -0.313 e. The van der Waals surface area contributed by atoms with Crippen LogP contribution < -0.4 is 11.5 Å². The summed E-state index contributed by atoms with van der Waals surface area (Å²) in [5.74, 6) is 0. The molecular formula is C18H22N2. The summed E-state index contributed by atoms with van der Waals surface area (Å²) in [4.78, 5) is 0. The molecule has 0 saturated carbocycles. The molecule has 0 amide bonds. The molecule has 0 aliphatic heterocycles. The van der Waals surface area contributed by atoms with E-state index in [9.17, 15) is 0 Å². The summed E-state index contributed by atoms with van der Waals surface area (Å²) in [7, 11) is 0. The van der Waals surface area contributed by atoms with Crippen molar-refractivity contribution in [3.8, 4) is 0 Å². The molecule has 4 N–H and O–H groups in total. The van der Waals surface area contributed by atoms with Crippen molar-refractivity contribution >= 4 is 12.2 Å². The molecule has 104 valence electrons. The van der Waals surface area contributed by atoms with Crippen LogP contribution in [-0.4, -0.2) is 5.66 Å². The molecule has 0 heterocycles. The van der Waals surface area contributed by atoms with Gasteiger partial charge >= 0.3 is 0 Å². The zero-order valence-electron chi connectivity index (χ0n) is 11.9. The minimum atomic E-state index is -0.623. The third-order valence-electron chi connectivity index (χ3n) is 3.41. The number of nitrogens with two attached hydrogens (primary N) is 2. The molecule has 0 spiro atoms. The molecule has 0 bridgehead atoms. The van der Waals surface area contributed by atoms with Crippen molar-refractivity contribution < 1.29 is 0 Å². The zero-order valence-corrected chi connectivity index (χ0v) is 11.9. The molecule has 0 saturated heterocycles. The fourth-order valence-electron chi connectivity index (χ4n) is 2.07. The summed E-state index contributed by atoms with van der Waals surface area (Å²) in [6, 6.07) is 18.6. The quantitative estimate of drug-likeness (QED) is 0.643. The largest absolute Gasteiger partial charge is 0.313 e. The van der Waals surface area contributed by atoms with Gasteiger partial charge in [-0.05, 0) is 23.1 Å². The van der Waals surface area contributed by atoms with Crippen molar-refractivity contribution in [1.29, 1.82) is 0 Å². The Hall–Kier alpha value is -1.90. The number of hydrogen-bond acceptors (Lipinski definition) is 2. The third kappa shape index (κ3) is 4.34. The van der Waals surface area contributed by atoms with Crippen molar-refractivity contribution in [2.24, 2.45) is 11.5 Å². The molecule has 0 aliphatic carbocycles. The van der Waals surface area contributed by atoms with E-state index in [4.69, 9.17) is 11.5 Å². The zero-order chi connectivity index (χ0) is 14.4. The predicted molar refractivity (Wildman–Crippen MR) is 86.9 cm³/mol. The fraction of sp³-hybridized carbons (Fsp3) is 0.222. The Morgan fingerprint density at radius 2 is 1.55 bits per heavy atom. The minimum absolute atomic E-state index is 0.623. The van der Waals surface area contributed by atoms with Crippen molar-refractivity contribution in [1.82, 2.24) is 0 Å². The molecule has 2 nitrogen and oxygen atoms in total. The average Bonchev–Trinajstić information content (AvgIpc) is 2.46. The van der Waals surface area contributed by atoms with Crippen LogP contribution >= 0.6 is 0 Å². The van der Waals surface area contributed by atoms with Gasteiger partial charge in [0.2, 0.25) is 0 Å². The molecule has 0 aliphatic rings. The van der Waals surface area contributed by atoms with Crippen LogP contribution in [0.25, 0.3) is 12.2 Å². The van der Waals surface area contributed by atoms with Crippen molar-refractivity contribution in [3.05, 3.63) is 71.3 Å². The first-order valence-corrected chi connectivity index (χ1v) is 6.99. The van der Waals surface area contributed by atoms with E-state index in [0.717, 1.165) is 6.42 Å². The number of hydrogen-bond donors (Lipinski definition) is 2. The maximum atomic E-state index is 6.02. The van der Waals surface area contributed by atoms with Gasteiger partial charge in [-0.3, -0.25) is 0 Å². The highest BCUT2D eigenvalue weighted by atomic mass is 14.9. The first-order valence-electron chi connectivity index (χ1n) is 6.99. The lowest BCUT2D eigenvalue weighted by atomic mass is 9.97. The van der Waals surface area contributed by atoms with Gasteiger partial charge in [0.15, 0.2) is 0 Å². The molecule has 2 aromatic rings. The third-order valence-corrected chi connectivity index (χ3v) is 3.41. The standard InChI is InChI=1S/C18H22N2/c1-2-18(19,20)14-17-10-6-9-16(13-17)12-11-15-7-4-3-5-8-15/h3-13H,2,14,19-20H2,1H3. The van der Waals surface area contributed by atoms with Crippen molar-refractivity contribution in [3.63, 3.8) is 0 Å². The Labute approximate surface area is 121 Å². The topological polar surface area (TPSA) is 52.0 Å². The molecule has 0 aromatic heterocycles. The summed E-state index contributed by atoms with van der Waals surface area (Å²) >= 11 is 0. The van der Waals surface area contributed by atoms with E-state index in [1.807, 2.05) is 31.2 Å². The van der Waals surface area contributed by atoms with Gasteiger partial charge in [0.1, 0.15) is 0 Å². The highest BCUT2D eigenvalue weighted by Gasteiger charge is 2.16. The SMILES string of the molecule is CCC(N)(N)Cc1cccc(C=Cc2ccccc2)c1. The summed E-state index contributed by atoms with van der Waals surface area (Å²) in [6.45, 7) is 2.01. The second-order valence-corrected chi connectivity index (χ2v) is 5.25. The Kier molecular flexibility index (Phi) is 4.72. The molecular weight excluding hydrogens is 244 g/mol. The van der Waals surface area contributed by atoms with Crippen molar-refractivity contribution in [2.45, 2.75) is 25.4 Å². The lowest BCUT2D eigenvalue weighted by Crippen LogP contribution is -2.50. The van der Waals surface area contributed by atoms with Gasteiger partial charge in [0.25, 0.3) is 0 Å². The lowest BCUT2D eigenvalue weighted by molar-refractivity contribution is 0.424. The van der Waals surface area contributed by atoms with Crippen LogP contribution in [0.15, 0.2) is 54.6 Å². The Balaban J connectivity index is 2.12. The molecule has 2 aromatic carbocycles. The van der Waals surface area contributed by atoms with E-state index in [1.165, 1.54) is 16.7 Å². The van der Waals surface area contributed by atoms with Gasteiger partial charge in [-0.25, -0.2) is 0 Å². The second kappa shape index (κ2) is 6.51. The molecule has 0 fully saturated rings. The van der Waals surface area contributed by atoms with E-state index < -0.39 is 5.66 Å². The summed E-state index contributed by atoms with van der Waals surface area (Å²) in [6.07, 6.45) is 5.67. The van der Waals surface area contributed by atoms with E-state index >= 15 is 0 Å². The average molecular weight is 266 g/mol. The van der Waals surface area contributed by atoms with Crippen LogP contribution in [0, 0.1) is 0 Å². The lowest BCUT2D eigenvalue weighted by Gasteiger charge is -2.22. The highest BCUT2D eigenvalue weighted by Crippen LogP contribution is 2.14. The molecule has 0 radical (unpaired) electrons. The van der Waals surface area contributed by atoms with Crippen molar-refractivity contribution in [2.75, 3.05) is 0 Å². The Bertz CT molecular complexity index is 571. The summed E-state index contributed by atoms with van der Waals surface area (Å²) < 4.78 is 0. The van der Waals surface area contributed by atoms with Gasteiger partial charge in [0.05, 0.1) is 5.66 Å². The van der Waals surface area contributed by atoms with Gasteiger partial charge in [0, 0.05) is 6.42 Å². The highest BCUT2D eigenvalue weighted by molar-refractivity contribution is 5.69. The second-order valence-electron chi connectivity index (χ2n) is 5.25. The van der Waals surface area contributed by atoms with E-state index in [1.54, 1.807) is 0 Å². The molecule has 2 heteroatoms.